The second kappa shape index (κ2) is 4.53. The first kappa shape index (κ1) is 11.4. The third-order valence-electron chi connectivity index (χ3n) is 3.23. The summed E-state index contributed by atoms with van der Waals surface area (Å²) in [5.41, 5.74) is 1.16. The number of carbonyl (C=O) groups is 1. The van der Waals surface area contributed by atoms with Crippen molar-refractivity contribution in [3.63, 3.8) is 0 Å². The van der Waals surface area contributed by atoms with Crippen LogP contribution >= 0.6 is 0 Å². The van der Waals surface area contributed by atoms with E-state index in [1.807, 2.05) is 6.07 Å². The molecule has 6 nitrogen and oxygen atoms in total. The zero-order chi connectivity index (χ0) is 13.2. The summed E-state index contributed by atoms with van der Waals surface area (Å²) >= 11 is 0. The number of nitriles is 1. The Balaban J connectivity index is 1.65. The van der Waals surface area contributed by atoms with Crippen molar-refractivity contribution in [3.05, 3.63) is 47.8 Å². The molecule has 1 fully saturated rings. The molecule has 0 atom stereocenters. The fourth-order valence-electron chi connectivity index (χ4n) is 2.07. The zero-order valence-electron chi connectivity index (χ0n) is 10.1. The Bertz CT molecular complexity index is 620. The molecule has 3 rings (SSSR count). The molecule has 0 unspecified atom stereocenters. The molecule has 2 aromatic rings. The van der Waals surface area contributed by atoms with E-state index in [4.69, 9.17) is 5.26 Å². The van der Waals surface area contributed by atoms with Gasteiger partial charge >= 0.3 is 0 Å². The number of benzene rings is 1. The highest BCUT2D eigenvalue weighted by atomic mass is 16.2. The molecular formula is C13H11N5O. The van der Waals surface area contributed by atoms with Crippen molar-refractivity contribution in [1.29, 1.82) is 5.26 Å². The van der Waals surface area contributed by atoms with Crippen molar-refractivity contribution < 1.29 is 4.79 Å². The first-order valence-electron chi connectivity index (χ1n) is 5.93. The van der Waals surface area contributed by atoms with Crippen LogP contribution in [0.5, 0.6) is 0 Å². The Labute approximate surface area is 109 Å². The van der Waals surface area contributed by atoms with E-state index in [1.165, 1.54) is 0 Å². The molecule has 0 aliphatic carbocycles. The number of aromatic nitrogens is 3. The molecule has 94 valence electrons. The Kier molecular flexibility index (Phi) is 2.72. The highest BCUT2D eigenvalue weighted by Gasteiger charge is 2.32. The maximum atomic E-state index is 12.1. The predicted octanol–water partition coefficient (Wildman–Crippen LogP) is 0.847. The topological polar surface area (TPSA) is 74.8 Å². The van der Waals surface area contributed by atoms with Gasteiger partial charge in [-0.15, -0.1) is 5.10 Å². The van der Waals surface area contributed by atoms with Gasteiger partial charge in [-0.1, -0.05) is 5.21 Å². The highest BCUT2D eigenvalue weighted by molar-refractivity contribution is 5.94. The largest absolute Gasteiger partial charge is 0.334 e. The van der Waals surface area contributed by atoms with Crippen molar-refractivity contribution >= 4 is 5.91 Å². The van der Waals surface area contributed by atoms with Gasteiger partial charge in [-0.2, -0.15) is 5.26 Å². The number of nitrogens with zero attached hydrogens (tertiary/aromatic N) is 5. The number of rotatable bonds is 2. The van der Waals surface area contributed by atoms with Crippen LogP contribution in [0.3, 0.4) is 0 Å². The van der Waals surface area contributed by atoms with Crippen LogP contribution in [0.1, 0.15) is 22.0 Å². The number of hydrogen-bond acceptors (Lipinski definition) is 4. The summed E-state index contributed by atoms with van der Waals surface area (Å²) in [5, 5.41) is 16.4. The van der Waals surface area contributed by atoms with Crippen LogP contribution in [0.2, 0.25) is 0 Å². The minimum Gasteiger partial charge on any atom is -0.334 e. The van der Waals surface area contributed by atoms with E-state index >= 15 is 0 Å². The van der Waals surface area contributed by atoms with Crippen LogP contribution in [0.15, 0.2) is 36.7 Å². The quantitative estimate of drug-likeness (QED) is 0.795. The fourth-order valence-corrected chi connectivity index (χ4v) is 2.07. The maximum absolute atomic E-state index is 12.1. The lowest BCUT2D eigenvalue weighted by molar-refractivity contribution is 0.0498. The molecule has 1 aliphatic rings. The second-order valence-electron chi connectivity index (χ2n) is 4.44. The van der Waals surface area contributed by atoms with Gasteiger partial charge in [0.25, 0.3) is 5.91 Å². The lowest BCUT2D eigenvalue weighted by atomic mass is 10.1. The summed E-state index contributed by atoms with van der Waals surface area (Å²) in [6.45, 7) is 1.28. The maximum Gasteiger partial charge on any atom is 0.254 e. The van der Waals surface area contributed by atoms with E-state index in [9.17, 15) is 4.79 Å². The smallest absolute Gasteiger partial charge is 0.254 e. The van der Waals surface area contributed by atoms with Crippen molar-refractivity contribution in [3.8, 4) is 6.07 Å². The Morgan fingerprint density at radius 3 is 2.63 bits per heavy atom. The average molecular weight is 253 g/mol. The molecule has 0 spiro atoms. The summed E-state index contributed by atoms with van der Waals surface area (Å²) in [5.74, 6) is -0.0131. The molecule has 1 aromatic carbocycles. The standard InChI is InChI=1S/C13H11N5O/c14-7-10-1-3-11(4-2-10)13(19)17-8-12(9-17)18-6-5-15-16-18/h1-6,12H,8-9H2. The van der Waals surface area contributed by atoms with E-state index in [2.05, 4.69) is 10.3 Å². The third-order valence-corrected chi connectivity index (χ3v) is 3.23. The summed E-state index contributed by atoms with van der Waals surface area (Å²) in [6.07, 6.45) is 3.43. The normalized spacial score (nSPS) is 14.8. The second-order valence-corrected chi connectivity index (χ2v) is 4.44. The van der Waals surface area contributed by atoms with Gasteiger partial charge in [0.2, 0.25) is 0 Å². The third kappa shape index (κ3) is 2.06. The van der Waals surface area contributed by atoms with Gasteiger partial charge in [-0.3, -0.25) is 4.79 Å². The summed E-state index contributed by atoms with van der Waals surface area (Å²) < 4.78 is 1.77. The van der Waals surface area contributed by atoms with Gasteiger partial charge < -0.3 is 4.90 Å². The van der Waals surface area contributed by atoms with Crippen LogP contribution in [0.25, 0.3) is 0 Å². The SMILES string of the molecule is N#Cc1ccc(C(=O)N2CC(n3ccnn3)C2)cc1. The number of likely N-dealkylation sites (tertiary alicyclic amines) is 1. The Morgan fingerprint density at radius 2 is 2.05 bits per heavy atom. The Morgan fingerprint density at radius 1 is 1.32 bits per heavy atom. The minimum atomic E-state index is -0.0131. The molecule has 1 aliphatic heterocycles. The Hall–Kier alpha value is -2.68. The molecular weight excluding hydrogens is 242 g/mol. The molecule has 0 radical (unpaired) electrons. The first-order chi connectivity index (χ1) is 9.28. The van der Waals surface area contributed by atoms with Crippen molar-refractivity contribution in [2.75, 3.05) is 13.1 Å². The van der Waals surface area contributed by atoms with Gasteiger partial charge in [0.1, 0.15) is 0 Å². The first-order valence-corrected chi connectivity index (χ1v) is 5.93. The van der Waals surface area contributed by atoms with E-state index in [0.29, 0.717) is 24.2 Å². The van der Waals surface area contributed by atoms with E-state index in [-0.39, 0.29) is 11.9 Å². The lowest BCUT2D eigenvalue weighted by Crippen LogP contribution is -2.50. The van der Waals surface area contributed by atoms with Gasteiger partial charge in [0, 0.05) is 24.8 Å². The number of hydrogen-bond donors (Lipinski definition) is 0. The lowest BCUT2D eigenvalue weighted by Gasteiger charge is -2.38. The molecule has 0 N–H and O–H groups in total. The number of carbonyl (C=O) groups excluding carboxylic acids is 1. The molecule has 0 bridgehead atoms. The molecule has 6 heteroatoms. The molecule has 2 heterocycles. The molecule has 1 saturated heterocycles. The van der Waals surface area contributed by atoms with Crippen LogP contribution in [0.4, 0.5) is 0 Å². The molecule has 0 saturated carbocycles. The summed E-state index contributed by atoms with van der Waals surface area (Å²) in [6, 6.07) is 8.92. The molecule has 19 heavy (non-hydrogen) atoms. The van der Waals surface area contributed by atoms with Gasteiger partial charge in [0.05, 0.1) is 23.9 Å². The predicted molar refractivity (Wildman–Crippen MR) is 66.1 cm³/mol. The van der Waals surface area contributed by atoms with Crippen LogP contribution in [-0.2, 0) is 0 Å². The van der Waals surface area contributed by atoms with Gasteiger partial charge in [-0.05, 0) is 24.3 Å². The van der Waals surface area contributed by atoms with Gasteiger partial charge in [0.15, 0.2) is 0 Å². The highest BCUT2D eigenvalue weighted by Crippen LogP contribution is 2.22. The van der Waals surface area contributed by atoms with Crippen molar-refractivity contribution in [1.82, 2.24) is 19.9 Å². The van der Waals surface area contributed by atoms with E-state index < -0.39 is 0 Å². The van der Waals surface area contributed by atoms with Crippen molar-refractivity contribution in [2.45, 2.75) is 6.04 Å². The molecule has 1 amide bonds. The zero-order valence-corrected chi connectivity index (χ0v) is 10.1. The monoisotopic (exact) mass is 253 g/mol. The molecule has 1 aromatic heterocycles. The number of amides is 1. The average Bonchev–Trinajstić information content (AvgIpc) is 2.91. The van der Waals surface area contributed by atoms with Crippen molar-refractivity contribution in [2.24, 2.45) is 0 Å². The van der Waals surface area contributed by atoms with E-state index in [0.717, 1.165) is 0 Å². The fraction of sp³-hybridized carbons (Fsp3) is 0.231. The summed E-state index contributed by atoms with van der Waals surface area (Å²) in [4.78, 5) is 13.9. The van der Waals surface area contributed by atoms with Crippen LogP contribution in [0, 0.1) is 11.3 Å². The van der Waals surface area contributed by atoms with E-state index in [1.54, 1.807) is 46.2 Å². The van der Waals surface area contributed by atoms with Crippen LogP contribution < -0.4 is 0 Å². The summed E-state index contributed by atoms with van der Waals surface area (Å²) in [7, 11) is 0. The van der Waals surface area contributed by atoms with Gasteiger partial charge in [-0.25, -0.2) is 4.68 Å². The minimum absolute atomic E-state index is 0.0131. The van der Waals surface area contributed by atoms with Crippen LogP contribution in [-0.4, -0.2) is 38.9 Å².